The van der Waals surface area contributed by atoms with Gasteiger partial charge in [0.05, 0.1) is 0 Å². The van der Waals surface area contributed by atoms with E-state index in [1.807, 2.05) is 24.3 Å². The van der Waals surface area contributed by atoms with Crippen molar-refractivity contribution in [3.8, 4) is 0 Å². The van der Waals surface area contributed by atoms with Crippen LogP contribution in [-0.2, 0) is 35.3 Å². The van der Waals surface area contributed by atoms with Gasteiger partial charge in [0.2, 0.25) is 0 Å². The van der Waals surface area contributed by atoms with E-state index >= 15 is 0 Å². The number of halogens is 2. The van der Waals surface area contributed by atoms with Crippen molar-refractivity contribution in [1.29, 1.82) is 0 Å². The minimum absolute atomic E-state index is 0. The first kappa shape index (κ1) is 21.5. The van der Waals surface area contributed by atoms with Crippen molar-refractivity contribution in [3.63, 3.8) is 0 Å². The van der Waals surface area contributed by atoms with Gasteiger partial charge in [-0.15, -0.1) is 35.0 Å². The maximum Gasteiger partial charge on any atom is 3.00 e. The number of fused-ring (bicyclic) bond motifs is 1. The smallest absolute Gasteiger partial charge is 1.00 e. The molecular weight excluding hydrogens is 421 g/mol. The Labute approximate surface area is 160 Å². The summed E-state index contributed by atoms with van der Waals surface area (Å²) in [5, 5.41) is 2.15. The minimum Gasteiger partial charge on any atom is -1.00 e. The molecule has 0 bridgehead atoms. The van der Waals surface area contributed by atoms with Crippen molar-refractivity contribution in [2.24, 2.45) is 0 Å². The van der Waals surface area contributed by atoms with Gasteiger partial charge in [0.15, 0.2) is 0 Å². The van der Waals surface area contributed by atoms with Crippen LogP contribution >= 0.6 is 7.60 Å². The molecule has 3 rings (SSSR count). The second-order valence-corrected chi connectivity index (χ2v) is 6.11. The van der Waals surface area contributed by atoms with Crippen molar-refractivity contribution >= 4 is 23.7 Å². The Balaban J connectivity index is 0.00000147. The molecule has 0 spiro atoms. The molecule has 1 aliphatic carbocycles. The SMILES string of the molecule is C=C1C=CC=C1OP(=O)(O)c1cc2ccccc2[cH-]1.[Cl-].[Cl-].[Zr+3]. The van der Waals surface area contributed by atoms with Gasteiger partial charge < -0.3 is 34.2 Å². The maximum absolute atomic E-state index is 12.3. The van der Waals surface area contributed by atoms with E-state index in [0.717, 1.165) is 10.8 Å². The summed E-state index contributed by atoms with van der Waals surface area (Å²) in [6.07, 6.45) is 5.10. The molecule has 0 saturated carbocycles. The fourth-order valence-corrected chi connectivity index (χ4v) is 3.17. The Kier molecular flexibility index (Phi) is 8.19. The van der Waals surface area contributed by atoms with Crippen LogP contribution in [0.15, 0.2) is 72.5 Å². The summed E-state index contributed by atoms with van der Waals surface area (Å²) in [5.41, 5.74) is 0.602. The van der Waals surface area contributed by atoms with Crippen LogP contribution in [0.3, 0.4) is 0 Å². The molecule has 1 atom stereocenters. The van der Waals surface area contributed by atoms with Gasteiger partial charge in [-0.25, -0.2) is 4.57 Å². The quantitative estimate of drug-likeness (QED) is 0.427. The summed E-state index contributed by atoms with van der Waals surface area (Å²) < 4.78 is 17.5. The molecule has 1 unspecified atom stereocenters. The van der Waals surface area contributed by atoms with E-state index in [1.165, 1.54) is 0 Å². The first-order valence-corrected chi connectivity index (χ1v) is 7.40. The molecule has 1 aliphatic rings. The van der Waals surface area contributed by atoms with Crippen LogP contribution < -0.4 is 30.1 Å². The van der Waals surface area contributed by atoms with Crippen LogP contribution in [0, 0.1) is 0 Å². The fourth-order valence-electron chi connectivity index (χ4n) is 2.01. The van der Waals surface area contributed by atoms with Gasteiger partial charge in [0.25, 0.3) is 0 Å². The Bertz CT molecular complexity index is 747. The zero-order valence-electron chi connectivity index (χ0n) is 11.4. The van der Waals surface area contributed by atoms with Crippen molar-refractivity contribution in [3.05, 3.63) is 72.5 Å². The summed E-state index contributed by atoms with van der Waals surface area (Å²) in [7, 11) is -3.87. The summed E-state index contributed by atoms with van der Waals surface area (Å²) in [5.74, 6) is 0.344. The van der Waals surface area contributed by atoms with Crippen LogP contribution in [0.2, 0.25) is 0 Å². The van der Waals surface area contributed by atoms with Gasteiger partial charge in [0.1, 0.15) is 5.76 Å². The van der Waals surface area contributed by atoms with E-state index in [2.05, 4.69) is 6.58 Å². The number of allylic oxidation sites excluding steroid dienone is 3. The van der Waals surface area contributed by atoms with Crippen LogP contribution in [0.1, 0.15) is 0 Å². The molecule has 1 radical (unpaired) electrons. The average molecular weight is 433 g/mol. The van der Waals surface area contributed by atoms with Crippen LogP contribution in [0.4, 0.5) is 0 Å². The molecule has 0 aliphatic heterocycles. The molecule has 2 aromatic carbocycles. The summed E-state index contributed by atoms with van der Waals surface area (Å²) in [6.45, 7) is 3.74. The van der Waals surface area contributed by atoms with Crippen molar-refractivity contribution < 1.29 is 65.0 Å². The van der Waals surface area contributed by atoms with Crippen LogP contribution in [0.25, 0.3) is 10.8 Å². The normalized spacial score (nSPS) is 15.1. The number of hydrogen-bond acceptors (Lipinski definition) is 2. The van der Waals surface area contributed by atoms with Crippen LogP contribution in [-0.4, -0.2) is 4.89 Å². The van der Waals surface area contributed by atoms with Gasteiger partial charge in [-0.3, -0.25) is 0 Å². The Morgan fingerprint density at radius 3 is 2.50 bits per heavy atom. The molecule has 1 N–H and O–H groups in total. The topological polar surface area (TPSA) is 46.5 Å². The van der Waals surface area contributed by atoms with E-state index in [0.29, 0.717) is 16.6 Å². The monoisotopic (exact) mass is 431 g/mol. The molecule has 3 nitrogen and oxygen atoms in total. The second kappa shape index (κ2) is 8.38. The standard InChI is InChI=1S/C15H12O3P.2ClH.Zr/c1-11-5-4-8-15(11)18-19(16,17)14-9-12-6-2-3-7-13(12)10-14;;;/h2-10H,1H2,(H,16,17);2*1H;/q-1;;;+3/p-2. The fraction of sp³-hybridized carbons (Fsp3) is 0. The summed E-state index contributed by atoms with van der Waals surface area (Å²) in [4.78, 5) is 10.1. The second-order valence-electron chi connectivity index (χ2n) is 4.37. The number of rotatable bonds is 3. The summed E-state index contributed by atoms with van der Waals surface area (Å²) in [6, 6.07) is 10.9. The Morgan fingerprint density at radius 2 is 1.91 bits per heavy atom. The zero-order chi connectivity index (χ0) is 13.5. The van der Waals surface area contributed by atoms with Gasteiger partial charge >= 0.3 is 33.8 Å². The first-order chi connectivity index (χ1) is 9.06. The third kappa shape index (κ3) is 4.28. The molecule has 0 heterocycles. The molecule has 7 heteroatoms. The van der Waals surface area contributed by atoms with Gasteiger partial charge in [-0.1, -0.05) is 24.8 Å². The third-order valence-electron chi connectivity index (χ3n) is 3.01. The molecular formula is C15H12Cl2O3PZr. The Hall–Kier alpha value is -0.497. The minimum atomic E-state index is -3.87. The molecule has 0 aromatic heterocycles. The van der Waals surface area contributed by atoms with E-state index in [1.54, 1.807) is 30.4 Å². The van der Waals surface area contributed by atoms with Crippen molar-refractivity contribution in [1.82, 2.24) is 0 Å². The largest absolute Gasteiger partial charge is 3.00 e. The average Bonchev–Trinajstić information content (AvgIpc) is 2.96. The third-order valence-corrected chi connectivity index (χ3v) is 4.37. The Morgan fingerprint density at radius 1 is 1.23 bits per heavy atom. The van der Waals surface area contributed by atoms with Gasteiger partial charge in [0, 0.05) is 5.57 Å². The zero-order valence-corrected chi connectivity index (χ0v) is 16.2. The predicted octanol–water partition coefficient (Wildman–Crippen LogP) is -2.60. The number of hydrogen-bond donors (Lipinski definition) is 1. The number of benzene rings is 1. The maximum atomic E-state index is 12.3. The first-order valence-electron chi connectivity index (χ1n) is 5.82. The van der Waals surface area contributed by atoms with Crippen LogP contribution in [0.5, 0.6) is 0 Å². The molecule has 0 saturated heterocycles. The predicted molar refractivity (Wildman–Crippen MR) is 76.4 cm³/mol. The van der Waals surface area contributed by atoms with Gasteiger partial charge in [-0.2, -0.15) is 6.07 Å². The van der Waals surface area contributed by atoms with E-state index in [-0.39, 0.29) is 51.0 Å². The molecule has 22 heavy (non-hydrogen) atoms. The van der Waals surface area contributed by atoms with Crippen molar-refractivity contribution in [2.45, 2.75) is 0 Å². The molecule has 0 amide bonds. The van der Waals surface area contributed by atoms with Crippen molar-refractivity contribution in [2.75, 3.05) is 0 Å². The van der Waals surface area contributed by atoms with E-state index < -0.39 is 7.60 Å². The summed E-state index contributed by atoms with van der Waals surface area (Å²) >= 11 is 0. The molecule has 0 fully saturated rings. The van der Waals surface area contributed by atoms with E-state index in [4.69, 9.17) is 4.52 Å². The molecule has 2 aromatic rings. The van der Waals surface area contributed by atoms with Gasteiger partial charge in [-0.05, 0) is 11.4 Å². The molecule has 113 valence electrons. The van der Waals surface area contributed by atoms with E-state index in [9.17, 15) is 9.46 Å².